The van der Waals surface area contributed by atoms with Gasteiger partial charge in [0.25, 0.3) is 23.6 Å². The van der Waals surface area contributed by atoms with Gasteiger partial charge in [0.05, 0.1) is 29.6 Å². The SMILES string of the molecule is COc1nccc(-c2cc3c(cc2Nc2cccc4c2C(=O)N([C@H]2CCC(=O)NC2=O)C4=O)N(C)C(=O)[C@@H](C)O3)c1F. The third-order valence-corrected chi connectivity index (χ3v) is 7.52. The average molecular weight is 574 g/mol. The molecule has 214 valence electrons. The zero-order chi connectivity index (χ0) is 29.9. The molecule has 3 aliphatic rings. The average Bonchev–Trinajstić information content (AvgIpc) is 3.22. The maximum absolute atomic E-state index is 15.5. The van der Waals surface area contributed by atoms with Crippen LogP contribution in [0.3, 0.4) is 0 Å². The minimum atomic E-state index is -1.14. The number of imide groups is 2. The number of amides is 5. The largest absolute Gasteiger partial charge is 0.479 e. The zero-order valence-electron chi connectivity index (χ0n) is 22.7. The number of fused-ring (bicyclic) bond motifs is 2. The van der Waals surface area contributed by atoms with E-state index in [-0.39, 0.29) is 52.7 Å². The lowest BCUT2D eigenvalue weighted by Gasteiger charge is -2.31. The Morgan fingerprint density at radius 1 is 1.05 bits per heavy atom. The Labute approximate surface area is 238 Å². The lowest BCUT2D eigenvalue weighted by Crippen LogP contribution is -2.54. The van der Waals surface area contributed by atoms with E-state index in [1.165, 1.54) is 30.3 Å². The number of pyridine rings is 1. The normalized spacial score (nSPS) is 19.8. The molecular formula is C29H24FN5O7. The minimum Gasteiger partial charge on any atom is -0.479 e. The van der Waals surface area contributed by atoms with Crippen molar-refractivity contribution < 1.29 is 37.8 Å². The quantitative estimate of drug-likeness (QED) is 0.440. The van der Waals surface area contributed by atoms with Crippen molar-refractivity contribution >= 4 is 46.6 Å². The summed E-state index contributed by atoms with van der Waals surface area (Å²) in [5.74, 6) is -3.53. The summed E-state index contributed by atoms with van der Waals surface area (Å²) in [4.78, 5) is 70.0. The molecule has 0 spiro atoms. The number of methoxy groups -OCH3 is 1. The van der Waals surface area contributed by atoms with Gasteiger partial charge in [-0.05, 0) is 43.7 Å². The molecule has 1 fully saturated rings. The molecule has 1 aromatic heterocycles. The van der Waals surface area contributed by atoms with Crippen LogP contribution in [0, 0.1) is 5.82 Å². The summed E-state index contributed by atoms with van der Waals surface area (Å²) in [5.41, 5.74) is 1.37. The Morgan fingerprint density at radius 3 is 2.57 bits per heavy atom. The van der Waals surface area contributed by atoms with Crippen molar-refractivity contribution in [2.75, 3.05) is 24.4 Å². The summed E-state index contributed by atoms with van der Waals surface area (Å²) < 4.78 is 26.4. The van der Waals surface area contributed by atoms with E-state index in [2.05, 4.69) is 15.6 Å². The number of hydrogen-bond donors (Lipinski definition) is 2. The van der Waals surface area contributed by atoms with E-state index >= 15 is 4.39 Å². The van der Waals surface area contributed by atoms with Gasteiger partial charge in [-0.3, -0.25) is 34.2 Å². The number of nitrogens with one attached hydrogen (secondary N) is 2. The van der Waals surface area contributed by atoms with Crippen LogP contribution in [0.5, 0.6) is 11.6 Å². The van der Waals surface area contributed by atoms with Crippen LogP contribution >= 0.6 is 0 Å². The fourth-order valence-electron chi connectivity index (χ4n) is 5.42. The third-order valence-electron chi connectivity index (χ3n) is 7.52. The highest BCUT2D eigenvalue weighted by Gasteiger charge is 2.45. The first kappa shape index (κ1) is 26.9. The number of nitrogens with zero attached hydrogens (tertiary/aromatic N) is 3. The lowest BCUT2D eigenvalue weighted by atomic mass is 10.00. The van der Waals surface area contributed by atoms with Crippen molar-refractivity contribution in [1.82, 2.24) is 15.2 Å². The molecule has 0 aliphatic carbocycles. The maximum atomic E-state index is 15.5. The number of rotatable bonds is 5. The molecule has 0 unspecified atom stereocenters. The number of piperidine rings is 1. The van der Waals surface area contributed by atoms with E-state index in [1.54, 1.807) is 38.2 Å². The molecule has 5 amide bonds. The van der Waals surface area contributed by atoms with E-state index in [4.69, 9.17) is 9.47 Å². The summed E-state index contributed by atoms with van der Waals surface area (Å²) in [7, 11) is 2.87. The van der Waals surface area contributed by atoms with E-state index in [9.17, 15) is 24.0 Å². The number of benzene rings is 2. The van der Waals surface area contributed by atoms with Crippen molar-refractivity contribution in [2.45, 2.75) is 31.9 Å². The minimum absolute atomic E-state index is 0.00973. The van der Waals surface area contributed by atoms with Crippen LogP contribution in [0.1, 0.15) is 40.5 Å². The molecule has 0 bridgehead atoms. The second-order valence-corrected chi connectivity index (χ2v) is 10.0. The van der Waals surface area contributed by atoms with Crippen molar-refractivity contribution in [3.05, 3.63) is 59.5 Å². The van der Waals surface area contributed by atoms with Crippen molar-refractivity contribution in [2.24, 2.45) is 0 Å². The van der Waals surface area contributed by atoms with Gasteiger partial charge in [0, 0.05) is 36.5 Å². The highest BCUT2D eigenvalue weighted by Crippen LogP contribution is 2.45. The van der Waals surface area contributed by atoms with Gasteiger partial charge in [-0.25, -0.2) is 9.37 Å². The Bertz CT molecular complexity index is 1720. The number of anilines is 3. The Kier molecular flexibility index (Phi) is 6.36. The van der Waals surface area contributed by atoms with Crippen LogP contribution in [0.4, 0.5) is 21.5 Å². The number of halogens is 1. The first-order chi connectivity index (χ1) is 20.1. The fraction of sp³-hybridized carbons (Fsp3) is 0.241. The fourth-order valence-corrected chi connectivity index (χ4v) is 5.42. The van der Waals surface area contributed by atoms with Crippen LogP contribution < -0.4 is 25.0 Å². The van der Waals surface area contributed by atoms with E-state index < -0.39 is 41.6 Å². The summed E-state index contributed by atoms with van der Waals surface area (Å²) >= 11 is 0. The summed E-state index contributed by atoms with van der Waals surface area (Å²) in [6.07, 6.45) is 0.599. The molecule has 3 aromatic rings. The molecule has 6 rings (SSSR count). The van der Waals surface area contributed by atoms with Crippen molar-refractivity contribution in [3.8, 4) is 22.8 Å². The lowest BCUT2D eigenvalue weighted by molar-refractivity contribution is -0.136. The number of hydrogen-bond acceptors (Lipinski definition) is 9. The molecule has 42 heavy (non-hydrogen) atoms. The molecule has 13 heteroatoms. The molecule has 2 aromatic carbocycles. The van der Waals surface area contributed by atoms with Gasteiger partial charge in [0.1, 0.15) is 11.8 Å². The van der Waals surface area contributed by atoms with Gasteiger partial charge in [-0.1, -0.05) is 6.07 Å². The number of carbonyl (C=O) groups excluding carboxylic acids is 5. The molecule has 12 nitrogen and oxygen atoms in total. The van der Waals surface area contributed by atoms with Gasteiger partial charge in [0.15, 0.2) is 11.9 Å². The van der Waals surface area contributed by atoms with Crippen molar-refractivity contribution in [3.63, 3.8) is 0 Å². The van der Waals surface area contributed by atoms with Gasteiger partial charge < -0.3 is 19.7 Å². The monoisotopic (exact) mass is 573 g/mol. The Morgan fingerprint density at radius 2 is 1.83 bits per heavy atom. The molecule has 1 saturated heterocycles. The van der Waals surface area contributed by atoms with Crippen LogP contribution in [-0.4, -0.2) is 65.7 Å². The van der Waals surface area contributed by atoms with E-state index in [0.717, 1.165) is 4.90 Å². The predicted octanol–water partition coefficient (Wildman–Crippen LogP) is 2.78. The molecule has 4 heterocycles. The van der Waals surface area contributed by atoms with Crippen LogP contribution in [0.25, 0.3) is 11.1 Å². The highest BCUT2D eigenvalue weighted by molar-refractivity contribution is 6.25. The Hall–Kier alpha value is -5.33. The summed E-state index contributed by atoms with van der Waals surface area (Å²) in [5, 5.41) is 5.32. The Balaban J connectivity index is 1.47. The van der Waals surface area contributed by atoms with Crippen LogP contribution in [0.15, 0.2) is 42.6 Å². The number of likely N-dealkylation sites (N-methyl/N-ethyl adjacent to an activating group) is 1. The van der Waals surface area contributed by atoms with Crippen molar-refractivity contribution in [1.29, 1.82) is 0 Å². The number of aromatic nitrogens is 1. The molecule has 2 N–H and O–H groups in total. The van der Waals surface area contributed by atoms with Gasteiger partial charge in [0.2, 0.25) is 11.8 Å². The zero-order valence-corrected chi connectivity index (χ0v) is 22.7. The first-order valence-corrected chi connectivity index (χ1v) is 13.0. The molecule has 2 atom stereocenters. The van der Waals surface area contributed by atoms with Crippen LogP contribution in [-0.2, 0) is 14.4 Å². The second kappa shape index (κ2) is 9.94. The van der Waals surface area contributed by atoms with Gasteiger partial charge in [-0.2, -0.15) is 0 Å². The smallest absolute Gasteiger partial charge is 0.267 e. The standard InChI is InChI=1S/C29H24FN5O7/c1-13-27(38)34(2)20-12-18(16(11-21(20)42-13)14-9-10-31-26(41-3)24(14)30)32-17-6-4-5-15-23(17)29(40)35(28(15)39)19-7-8-22(36)33-25(19)37/h4-6,9-13,19,32H,7-8H2,1-3H3,(H,33,36,37)/t13-,19+/m1/s1. The van der Waals surface area contributed by atoms with E-state index in [1.807, 2.05) is 0 Å². The topological polar surface area (TPSA) is 147 Å². The first-order valence-electron chi connectivity index (χ1n) is 13.0. The van der Waals surface area contributed by atoms with Gasteiger partial charge >= 0.3 is 0 Å². The predicted molar refractivity (Wildman–Crippen MR) is 146 cm³/mol. The third kappa shape index (κ3) is 4.12. The maximum Gasteiger partial charge on any atom is 0.267 e. The number of carbonyl (C=O) groups is 5. The molecule has 0 radical (unpaired) electrons. The highest BCUT2D eigenvalue weighted by atomic mass is 19.1. The molecule has 3 aliphatic heterocycles. The number of ether oxygens (including phenoxy) is 2. The summed E-state index contributed by atoms with van der Waals surface area (Å²) in [6, 6.07) is 8.06. The summed E-state index contributed by atoms with van der Waals surface area (Å²) in [6.45, 7) is 1.60. The second-order valence-electron chi connectivity index (χ2n) is 10.0. The molecule has 0 saturated carbocycles. The van der Waals surface area contributed by atoms with Gasteiger partial charge in [-0.15, -0.1) is 0 Å². The molecular weight excluding hydrogens is 549 g/mol. The van der Waals surface area contributed by atoms with Crippen LogP contribution in [0.2, 0.25) is 0 Å². The van der Waals surface area contributed by atoms with E-state index in [0.29, 0.717) is 17.0 Å².